The minimum atomic E-state index is 0.0950. The molecule has 3 heteroatoms. The van der Waals surface area contributed by atoms with E-state index in [1.807, 2.05) is 12.1 Å². The number of nitrogens with one attached hydrogen (secondary N) is 1. The van der Waals surface area contributed by atoms with Crippen LogP contribution >= 0.6 is 0 Å². The number of benzene rings is 1. The Morgan fingerprint density at radius 3 is 2.80 bits per heavy atom. The fraction of sp³-hybridized carbons (Fsp3) is 0.500. The molecule has 0 aliphatic rings. The Bertz CT molecular complexity index is 276. The molecule has 84 valence electrons. The van der Waals surface area contributed by atoms with Crippen molar-refractivity contribution in [2.75, 3.05) is 26.4 Å². The van der Waals surface area contributed by atoms with Gasteiger partial charge in [0.2, 0.25) is 0 Å². The van der Waals surface area contributed by atoms with E-state index in [0.717, 1.165) is 13.1 Å². The molecule has 0 spiro atoms. The Morgan fingerprint density at radius 1 is 1.27 bits per heavy atom. The van der Waals surface area contributed by atoms with E-state index in [1.54, 1.807) is 0 Å². The van der Waals surface area contributed by atoms with Crippen LogP contribution in [0.2, 0.25) is 0 Å². The van der Waals surface area contributed by atoms with Crippen molar-refractivity contribution in [3.8, 4) is 0 Å². The van der Waals surface area contributed by atoms with E-state index in [1.165, 1.54) is 11.1 Å². The van der Waals surface area contributed by atoms with E-state index >= 15 is 0 Å². The Hall–Kier alpha value is -0.900. The third-order valence-electron chi connectivity index (χ3n) is 2.24. The molecule has 0 atom stereocenters. The van der Waals surface area contributed by atoms with Gasteiger partial charge in [0.05, 0.1) is 19.8 Å². The van der Waals surface area contributed by atoms with Gasteiger partial charge < -0.3 is 15.2 Å². The second kappa shape index (κ2) is 7.40. The van der Waals surface area contributed by atoms with Gasteiger partial charge in [-0.1, -0.05) is 24.3 Å². The fourth-order valence-electron chi connectivity index (χ4n) is 1.34. The molecule has 0 saturated carbocycles. The lowest BCUT2D eigenvalue weighted by Crippen LogP contribution is -2.20. The summed E-state index contributed by atoms with van der Waals surface area (Å²) in [5.41, 5.74) is 2.63. The minimum absolute atomic E-state index is 0.0950. The number of rotatable bonds is 7. The molecular formula is C12H19NO2. The summed E-state index contributed by atoms with van der Waals surface area (Å²) in [5, 5.41) is 11.8. The lowest BCUT2D eigenvalue weighted by atomic mass is 10.1. The van der Waals surface area contributed by atoms with Gasteiger partial charge in [-0.3, -0.25) is 0 Å². The van der Waals surface area contributed by atoms with Crippen molar-refractivity contribution in [1.82, 2.24) is 5.32 Å². The zero-order valence-electron chi connectivity index (χ0n) is 9.20. The second-order valence-electron chi connectivity index (χ2n) is 3.44. The van der Waals surface area contributed by atoms with Crippen LogP contribution in [0, 0.1) is 6.92 Å². The molecule has 1 aromatic rings. The topological polar surface area (TPSA) is 41.5 Å². The van der Waals surface area contributed by atoms with Gasteiger partial charge in [0.15, 0.2) is 0 Å². The summed E-state index contributed by atoms with van der Waals surface area (Å²) in [7, 11) is 0. The minimum Gasteiger partial charge on any atom is -0.394 e. The lowest BCUT2D eigenvalue weighted by Gasteiger charge is -2.07. The van der Waals surface area contributed by atoms with E-state index in [4.69, 9.17) is 9.84 Å². The highest BCUT2D eigenvalue weighted by Crippen LogP contribution is 2.05. The van der Waals surface area contributed by atoms with Crippen LogP contribution in [0.3, 0.4) is 0 Å². The highest BCUT2D eigenvalue weighted by atomic mass is 16.5. The highest BCUT2D eigenvalue weighted by Gasteiger charge is 1.95. The second-order valence-corrected chi connectivity index (χ2v) is 3.44. The molecule has 0 heterocycles. The first-order valence-corrected chi connectivity index (χ1v) is 5.28. The average molecular weight is 209 g/mol. The van der Waals surface area contributed by atoms with Crippen LogP contribution in [0.5, 0.6) is 0 Å². The van der Waals surface area contributed by atoms with E-state index in [0.29, 0.717) is 13.2 Å². The molecule has 0 bridgehead atoms. The smallest absolute Gasteiger partial charge is 0.0698 e. The van der Waals surface area contributed by atoms with Crippen molar-refractivity contribution >= 4 is 0 Å². The van der Waals surface area contributed by atoms with Gasteiger partial charge in [0, 0.05) is 13.1 Å². The van der Waals surface area contributed by atoms with Crippen LogP contribution in [-0.4, -0.2) is 31.5 Å². The molecular weight excluding hydrogens is 190 g/mol. The summed E-state index contributed by atoms with van der Waals surface area (Å²) in [6.07, 6.45) is 0. The molecule has 0 fully saturated rings. The average Bonchev–Trinajstić information content (AvgIpc) is 2.25. The molecule has 0 unspecified atom stereocenters. The highest BCUT2D eigenvalue weighted by molar-refractivity contribution is 5.25. The largest absolute Gasteiger partial charge is 0.394 e. The van der Waals surface area contributed by atoms with Gasteiger partial charge in [0.1, 0.15) is 0 Å². The summed E-state index contributed by atoms with van der Waals surface area (Å²) in [6, 6.07) is 8.33. The third-order valence-corrected chi connectivity index (χ3v) is 2.24. The quantitative estimate of drug-likeness (QED) is 0.661. The van der Waals surface area contributed by atoms with Gasteiger partial charge in [0.25, 0.3) is 0 Å². The SMILES string of the molecule is Cc1ccccc1CNCCOCCO. The third kappa shape index (κ3) is 4.93. The summed E-state index contributed by atoms with van der Waals surface area (Å²) in [6.45, 7) is 4.96. The summed E-state index contributed by atoms with van der Waals surface area (Å²) in [4.78, 5) is 0. The van der Waals surface area contributed by atoms with Gasteiger partial charge in [-0.25, -0.2) is 0 Å². The summed E-state index contributed by atoms with van der Waals surface area (Å²) >= 11 is 0. The molecule has 0 aromatic heterocycles. The van der Waals surface area contributed by atoms with E-state index in [2.05, 4.69) is 24.4 Å². The lowest BCUT2D eigenvalue weighted by molar-refractivity contribution is 0.0938. The van der Waals surface area contributed by atoms with Crippen molar-refractivity contribution in [3.63, 3.8) is 0 Å². The summed E-state index contributed by atoms with van der Waals surface area (Å²) in [5.74, 6) is 0. The molecule has 2 N–H and O–H groups in total. The molecule has 0 aliphatic carbocycles. The van der Waals surface area contributed by atoms with Gasteiger partial charge in [-0.15, -0.1) is 0 Å². The first kappa shape index (κ1) is 12.2. The van der Waals surface area contributed by atoms with Gasteiger partial charge >= 0.3 is 0 Å². The Morgan fingerprint density at radius 2 is 2.07 bits per heavy atom. The first-order chi connectivity index (χ1) is 7.34. The molecule has 0 saturated heterocycles. The molecule has 1 rings (SSSR count). The van der Waals surface area contributed by atoms with Crippen molar-refractivity contribution in [2.24, 2.45) is 0 Å². The van der Waals surface area contributed by atoms with Gasteiger partial charge in [-0.05, 0) is 18.1 Å². The molecule has 0 radical (unpaired) electrons. The van der Waals surface area contributed by atoms with Crippen LogP contribution < -0.4 is 5.32 Å². The fourth-order valence-corrected chi connectivity index (χ4v) is 1.34. The predicted molar refractivity (Wildman–Crippen MR) is 60.8 cm³/mol. The van der Waals surface area contributed by atoms with Crippen LogP contribution in [-0.2, 0) is 11.3 Å². The molecule has 3 nitrogen and oxygen atoms in total. The Labute approximate surface area is 91.1 Å². The van der Waals surface area contributed by atoms with E-state index < -0.39 is 0 Å². The number of hydrogen-bond donors (Lipinski definition) is 2. The standard InChI is InChI=1S/C12H19NO2/c1-11-4-2-3-5-12(11)10-13-6-8-15-9-7-14/h2-5,13-14H,6-10H2,1H3. The van der Waals surface area contributed by atoms with Crippen LogP contribution in [0.4, 0.5) is 0 Å². The van der Waals surface area contributed by atoms with Crippen LogP contribution in [0.25, 0.3) is 0 Å². The molecule has 15 heavy (non-hydrogen) atoms. The predicted octanol–water partition coefficient (Wildman–Crippen LogP) is 1.09. The maximum absolute atomic E-state index is 8.49. The number of aryl methyl sites for hydroxylation is 1. The number of aliphatic hydroxyl groups excluding tert-OH is 1. The normalized spacial score (nSPS) is 10.5. The molecule has 0 amide bonds. The number of hydrogen-bond acceptors (Lipinski definition) is 3. The zero-order valence-corrected chi connectivity index (χ0v) is 9.20. The van der Waals surface area contributed by atoms with Crippen molar-refractivity contribution in [2.45, 2.75) is 13.5 Å². The van der Waals surface area contributed by atoms with Crippen molar-refractivity contribution in [3.05, 3.63) is 35.4 Å². The number of ether oxygens (including phenoxy) is 1. The Balaban J connectivity index is 2.12. The summed E-state index contributed by atoms with van der Waals surface area (Å²) < 4.78 is 5.14. The van der Waals surface area contributed by atoms with E-state index in [9.17, 15) is 0 Å². The monoisotopic (exact) mass is 209 g/mol. The van der Waals surface area contributed by atoms with Crippen molar-refractivity contribution in [1.29, 1.82) is 0 Å². The maximum atomic E-state index is 8.49. The number of aliphatic hydroxyl groups is 1. The molecule has 1 aromatic carbocycles. The van der Waals surface area contributed by atoms with Crippen molar-refractivity contribution < 1.29 is 9.84 Å². The van der Waals surface area contributed by atoms with Crippen LogP contribution in [0.1, 0.15) is 11.1 Å². The molecule has 0 aliphatic heterocycles. The maximum Gasteiger partial charge on any atom is 0.0698 e. The first-order valence-electron chi connectivity index (χ1n) is 5.28. The van der Waals surface area contributed by atoms with E-state index in [-0.39, 0.29) is 6.61 Å². The van der Waals surface area contributed by atoms with Crippen LogP contribution in [0.15, 0.2) is 24.3 Å². The van der Waals surface area contributed by atoms with Gasteiger partial charge in [-0.2, -0.15) is 0 Å². The zero-order chi connectivity index (χ0) is 10.9. The Kier molecular flexibility index (Phi) is 6.00.